The molecule has 1 unspecified atom stereocenters. The van der Waals surface area contributed by atoms with Crippen molar-refractivity contribution in [3.8, 4) is 17.5 Å². The van der Waals surface area contributed by atoms with E-state index >= 15 is 4.39 Å². The van der Waals surface area contributed by atoms with Gasteiger partial charge >= 0.3 is 12.1 Å². The highest BCUT2D eigenvalue weighted by molar-refractivity contribution is 7.85. The molecule has 3 N–H and O–H groups in total. The van der Waals surface area contributed by atoms with Crippen molar-refractivity contribution in [3.63, 3.8) is 0 Å². The van der Waals surface area contributed by atoms with Crippen molar-refractivity contribution < 1.29 is 59.7 Å². The maximum Gasteiger partial charge on any atom is 0.417 e. The second-order valence-corrected chi connectivity index (χ2v) is 19.4. The van der Waals surface area contributed by atoms with Gasteiger partial charge < -0.3 is 24.7 Å². The molecule has 4 aliphatic rings. The minimum atomic E-state index is -4.92. The van der Waals surface area contributed by atoms with Crippen LogP contribution in [0.1, 0.15) is 113 Å². The van der Waals surface area contributed by atoms with Gasteiger partial charge in [-0.1, -0.05) is 45.8 Å². The van der Waals surface area contributed by atoms with Crippen LogP contribution in [0, 0.1) is 11.2 Å². The maximum atomic E-state index is 15.3. The molecular formula is C46H54F4N3O8S+. The Morgan fingerprint density at radius 1 is 1.00 bits per heavy atom. The first-order chi connectivity index (χ1) is 29.2. The molecule has 11 nitrogen and oxygen atoms in total. The lowest BCUT2D eigenvalue weighted by molar-refractivity contribution is -0.438. The largest absolute Gasteiger partial charge is 0.492 e. The molecule has 0 radical (unpaired) electrons. The van der Waals surface area contributed by atoms with Gasteiger partial charge in [-0.3, -0.25) is 4.55 Å². The number of halogens is 4. The number of carbonyl (C=O) groups excluding carboxylic acids is 1. The Kier molecular flexibility index (Phi) is 12.5. The average Bonchev–Trinajstić information content (AvgIpc) is 3.62. The van der Waals surface area contributed by atoms with E-state index in [0.29, 0.717) is 29.4 Å². The van der Waals surface area contributed by atoms with E-state index in [4.69, 9.17) is 9.57 Å². The molecule has 0 fully saturated rings. The zero-order valence-corrected chi connectivity index (χ0v) is 36.3. The molecule has 1 atom stereocenters. The normalized spacial score (nSPS) is 19.4. The minimum Gasteiger partial charge on any atom is -0.492 e. The number of aryl methyl sites for hydroxylation is 1. The highest BCUT2D eigenvalue weighted by Gasteiger charge is 2.53. The standard InChI is InChI=1S/C46H53F4N3O8S/c1-44(2,3)37-26-29(33-25-30-14-11-21-51-22-12-15-32(42(30)51)43(33)60-37)13-10-16-36-45(4,20-7-5-6-17-40(56)61-53-38(54)18-19-39(53)55)41-34(46(48,49)50)27-31(47)28-35(41)52(36)23-8-9-24-62(57,58)59/h10,13,16,18-19,25-28H,5-9,11-12,14-15,17,20-24H2,1-4H3,(H2-,54,55,57,58,59)/p+1. The Bertz CT molecular complexity index is 2470. The molecule has 1 aromatic heterocycles. The summed E-state index contributed by atoms with van der Waals surface area (Å²) in [5.41, 5.74) is 3.10. The van der Waals surface area contributed by atoms with E-state index in [0.717, 1.165) is 79.6 Å². The van der Waals surface area contributed by atoms with E-state index in [-0.39, 0.29) is 55.3 Å². The first kappa shape index (κ1) is 44.9. The number of ether oxygens (including phenoxy) is 1. The van der Waals surface area contributed by atoms with Crippen molar-refractivity contribution in [2.24, 2.45) is 5.41 Å². The van der Waals surface area contributed by atoms with Gasteiger partial charge in [-0.2, -0.15) is 26.2 Å². The van der Waals surface area contributed by atoms with Gasteiger partial charge in [-0.05, 0) is 81.2 Å². The van der Waals surface area contributed by atoms with Crippen molar-refractivity contribution in [2.75, 3.05) is 30.3 Å². The second-order valence-electron chi connectivity index (χ2n) is 17.9. The van der Waals surface area contributed by atoms with E-state index in [1.807, 2.05) is 12.2 Å². The van der Waals surface area contributed by atoms with Crippen LogP contribution in [0.25, 0.3) is 5.57 Å². The van der Waals surface area contributed by atoms with Gasteiger partial charge in [-0.25, -0.2) is 9.18 Å². The number of nitrogens with zero attached hydrogens (tertiary/aromatic N) is 3. The number of alkyl halides is 3. The van der Waals surface area contributed by atoms with Crippen LogP contribution in [-0.2, 0) is 39.3 Å². The Morgan fingerprint density at radius 3 is 2.39 bits per heavy atom. The van der Waals surface area contributed by atoms with Crippen LogP contribution in [0.15, 0.2) is 60.4 Å². The fraction of sp³-hybridized carbons (Fsp3) is 0.478. The summed E-state index contributed by atoms with van der Waals surface area (Å²) >= 11 is 0. The molecule has 7 rings (SSSR count). The topological polar surface area (TPSA) is 142 Å². The Morgan fingerprint density at radius 2 is 1.71 bits per heavy atom. The van der Waals surface area contributed by atoms with Crippen molar-refractivity contribution in [2.45, 2.75) is 110 Å². The lowest BCUT2D eigenvalue weighted by atomic mass is 9.73. The maximum absolute atomic E-state index is 15.3. The van der Waals surface area contributed by atoms with E-state index in [2.05, 4.69) is 31.7 Å². The Hall–Kier alpha value is -5.09. The van der Waals surface area contributed by atoms with Crippen LogP contribution in [0.3, 0.4) is 0 Å². The summed E-state index contributed by atoms with van der Waals surface area (Å²) in [5, 5.41) is 19.6. The van der Waals surface area contributed by atoms with E-state index in [1.54, 1.807) is 23.7 Å². The molecule has 62 heavy (non-hydrogen) atoms. The predicted molar refractivity (Wildman–Crippen MR) is 227 cm³/mol. The van der Waals surface area contributed by atoms with Crippen molar-refractivity contribution in [1.82, 2.24) is 4.73 Å². The van der Waals surface area contributed by atoms with Crippen molar-refractivity contribution in [3.05, 3.63) is 94.0 Å². The number of benzene rings is 2. The number of fused-ring (bicyclic) bond motifs is 3. The molecule has 0 amide bonds. The molecule has 16 heteroatoms. The van der Waals surface area contributed by atoms with E-state index in [9.17, 15) is 41.1 Å². The zero-order valence-electron chi connectivity index (χ0n) is 35.4. The van der Waals surface area contributed by atoms with Crippen molar-refractivity contribution in [1.29, 1.82) is 0 Å². The number of hydrogen-bond acceptors (Lipinski definition) is 8. The molecule has 0 spiro atoms. The summed E-state index contributed by atoms with van der Waals surface area (Å²) in [5.74, 6) is -1.70. The third-order valence-electron chi connectivity index (χ3n) is 12.2. The highest BCUT2D eigenvalue weighted by Crippen LogP contribution is 2.51. The summed E-state index contributed by atoms with van der Waals surface area (Å²) in [4.78, 5) is 20.0. The van der Waals surface area contributed by atoms with Gasteiger partial charge in [0.2, 0.25) is 17.4 Å². The number of anilines is 1. The fourth-order valence-electron chi connectivity index (χ4n) is 9.33. The minimum absolute atomic E-state index is 0.0137. The predicted octanol–water partition coefficient (Wildman–Crippen LogP) is 9.35. The van der Waals surface area contributed by atoms with E-state index in [1.165, 1.54) is 16.8 Å². The molecule has 4 aliphatic heterocycles. The van der Waals surface area contributed by atoms with E-state index < -0.39 is 56.6 Å². The fourth-order valence-corrected chi connectivity index (χ4v) is 9.89. The zero-order chi connectivity index (χ0) is 44.8. The third kappa shape index (κ3) is 9.31. The molecule has 0 bridgehead atoms. The van der Waals surface area contributed by atoms with Crippen LogP contribution in [0.4, 0.5) is 28.9 Å². The molecule has 5 heterocycles. The van der Waals surface area contributed by atoms with Crippen LogP contribution >= 0.6 is 0 Å². The van der Waals surface area contributed by atoms with Crippen LogP contribution in [0.2, 0.25) is 0 Å². The number of allylic oxidation sites excluding steroid dienone is 6. The molecule has 334 valence electrons. The molecular weight excluding hydrogens is 831 g/mol. The van der Waals surface area contributed by atoms with Crippen molar-refractivity contribution >= 4 is 38.7 Å². The first-order valence-corrected chi connectivity index (χ1v) is 22.8. The first-order valence-electron chi connectivity index (χ1n) is 21.2. The summed E-state index contributed by atoms with van der Waals surface area (Å²) in [6.07, 6.45) is 7.69. The van der Waals surface area contributed by atoms with Gasteiger partial charge in [-0.15, -0.1) is 4.73 Å². The quantitative estimate of drug-likeness (QED) is 0.0625. The number of aromatic nitrogens is 1. The molecule has 2 aromatic carbocycles. The van der Waals surface area contributed by atoms with Gasteiger partial charge in [0.05, 0.1) is 22.3 Å². The van der Waals surface area contributed by atoms with Gasteiger partial charge in [0, 0.05) is 72.4 Å². The Labute approximate surface area is 359 Å². The number of unbranched alkanes of at least 4 members (excludes halogenated alkanes) is 3. The lowest BCUT2D eigenvalue weighted by Crippen LogP contribution is -2.35. The monoisotopic (exact) mass is 884 g/mol. The molecule has 0 aliphatic carbocycles. The number of rotatable bonds is 14. The smallest absolute Gasteiger partial charge is 0.417 e. The van der Waals surface area contributed by atoms with Crippen LogP contribution in [0.5, 0.6) is 17.5 Å². The summed E-state index contributed by atoms with van der Waals surface area (Å²) < 4.78 is 102. The van der Waals surface area contributed by atoms with Gasteiger partial charge in [0.15, 0.2) is 5.71 Å². The summed E-state index contributed by atoms with van der Waals surface area (Å²) in [6.45, 7) is 9.94. The second kappa shape index (κ2) is 17.2. The average molecular weight is 885 g/mol. The highest BCUT2D eigenvalue weighted by atomic mass is 32.2. The summed E-state index contributed by atoms with van der Waals surface area (Å²) in [6, 6.07) is 6.09. The SMILES string of the molecule is CC(C)(C)C1=CC(=CC=CC2=[N+](CCCCS(=O)(=O)O)c3cc(F)cc(C(F)(F)F)c3C2(C)CCCCCC(=O)On2c(O)ccc2O)c2cc3c4c(c2O1)CCCN4CCC3. The summed E-state index contributed by atoms with van der Waals surface area (Å²) in [7, 11) is -4.30. The third-order valence-corrected chi connectivity index (χ3v) is 13.0. The molecule has 0 saturated carbocycles. The lowest BCUT2D eigenvalue weighted by Gasteiger charge is -2.40. The van der Waals surface area contributed by atoms with Crippen LogP contribution < -0.4 is 14.5 Å². The number of aromatic hydroxyl groups is 2. The molecule has 0 saturated heterocycles. The molecule has 3 aromatic rings. The number of hydrogen-bond donors (Lipinski definition) is 3. The van der Waals surface area contributed by atoms with Gasteiger partial charge in [0.25, 0.3) is 10.1 Å². The number of carbonyl (C=O) groups is 1. The Balaban J connectivity index is 1.27. The van der Waals surface area contributed by atoms with Crippen LogP contribution in [-0.4, -0.2) is 69.6 Å². The van der Waals surface area contributed by atoms with Gasteiger partial charge in [0.1, 0.15) is 23.9 Å².